The van der Waals surface area contributed by atoms with Gasteiger partial charge in [-0.1, -0.05) is 29.3 Å². The molecule has 0 fully saturated rings. The monoisotopic (exact) mass is 311 g/mol. The zero-order valence-corrected chi connectivity index (χ0v) is 12.0. The van der Waals surface area contributed by atoms with Crippen LogP contribution in [-0.2, 0) is 0 Å². The first-order valence-corrected chi connectivity index (χ1v) is 6.43. The molecular weight excluding hydrogens is 301 g/mol. The first-order chi connectivity index (χ1) is 9.38. The number of halogens is 2. The number of rotatable bonds is 2. The Bertz CT molecular complexity index is 663. The number of aryl methyl sites for hydroxylation is 1. The van der Waals surface area contributed by atoms with E-state index in [0.717, 1.165) is 5.56 Å². The summed E-state index contributed by atoms with van der Waals surface area (Å²) >= 11 is 11.5. The largest absolute Gasteiger partial charge is 0.506 e. The van der Waals surface area contributed by atoms with E-state index in [9.17, 15) is 15.0 Å². The van der Waals surface area contributed by atoms with Crippen molar-refractivity contribution in [1.29, 1.82) is 0 Å². The molecule has 0 aliphatic rings. The maximum Gasteiger partial charge on any atom is 0.255 e. The summed E-state index contributed by atoms with van der Waals surface area (Å²) in [5, 5.41) is 21.7. The predicted octanol–water partition coefficient (Wildman–Crippen LogP) is 3.97. The number of anilines is 1. The molecule has 0 heterocycles. The summed E-state index contributed by atoms with van der Waals surface area (Å²) in [6.07, 6.45) is 0. The molecular formula is C14H11Cl2NO3. The Hall–Kier alpha value is -1.91. The standard InChI is InChI=1S/C14H11Cl2NO3/c1-7-2-3-11(12(18)4-7)17-14(20)8-5-9(15)13(19)10(16)6-8/h2-6,18-19H,1H3,(H,17,20). The van der Waals surface area contributed by atoms with Gasteiger partial charge in [0.1, 0.15) is 5.75 Å². The van der Waals surface area contributed by atoms with E-state index in [1.54, 1.807) is 12.1 Å². The lowest BCUT2D eigenvalue weighted by atomic mass is 10.1. The van der Waals surface area contributed by atoms with Crippen molar-refractivity contribution in [3.8, 4) is 11.5 Å². The van der Waals surface area contributed by atoms with E-state index in [4.69, 9.17) is 23.2 Å². The Labute approximate surface area is 125 Å². The third kappa shape index (κ3) is 2.98. The van der Waals surface area contributed by atoms with Crippen molar-refractivity contribution in [2.75, 3.05) is 5.32 Å². The van der Waals surface area contributed by atoms with Gasteiger partial charge in [-0.3, -0.25) is 4.79 Å². The quantitative estimate of drug-likeness (QED) is 0.735. The summed E-state index contributed by atoms with van der Waals surface area (Å²) in [6, 6.07) is 7.47. The minimum Gasteiger partial charge on any atom is -0.506 e. The number of phenolic OH excluding ortho intramolecular Hbond substituents is 2. The number of amides is 1. The van der Waals surface area contributed by atoms with Crippen molar-refractivity contribution < 1.29 is 15.0 Å². The SMILES string of the molecule is Cc1ccc(NC(=O)c2cc(Cl)c(O)c(Cl)c2)c(O)c1. The molecule has 3 N–H and O–H groups in total. The normalized spacial score (nSPS) is 10.3. The smallest absolute Gasteiger partial charge is 0.255 e. The van der Waals surface area contributed by atoms with E-state index in [0.29, 0.717) is 0 Å². The third-order valence-electron chi connectivity index (χ3n) is 2.68. The number of benzene rings is 2. The molecule has 0 atom stereocenters. The van der Waals surface area contributed by atoms with Gasteiger partial charge in [-0.15, -0.1) is 0 Å². The van der Waals surface area contributed by atoms with E-state index >= 15 is 0 Å². The van der Waals surface area contributed by atoms with Crippen molar-refractivity contribution in [2.24, 2.45) is 0 Å². The molecule has 0 aromatic heterocycles. The van der Waals surface area contributed by atoms with E-state index in [-0.39, 0.29) is 32.8 Å². The van der Waals surface area contributed by atoms with Gasteiger partial charge in [-0.25, -0.2) is 0 Å². The van der Waals surface area contributed by atoms with Crippen LogP contribution in [0.5, 0.6) is 11.5 Å². The van der Waals surface area contributed by atoms with E-state index in [2.05, 4.69) is 5.32 Å². The molecule has 2 aromatic carbocycles. The molecule has 0 bridgehead atoms. The highest BCUT2D eigenvalue weighted by atomic mass is 35.5. The summed E-state index contributed by atoms with van der Waals surface area (Å²) in [4.78, 5) is 12.0. The maximum absolute atomic E-state index is 12.0. The van der Waals surface area contributed by atoms with Crippen molar-refractivity contribution in [1.82, 2.24) is 0 Å². The molecule has 104 valence electrons. The lowest BCUT2D eigenvalue weighted by Crippen LogP contribution is -2.12. The summed E-state index contributed by atoms with van der Waals surface area (Å²) in [5.74, 6) is -0.801. The van der Waals surface area contributed by atoms with Crippen molar-refractivity contribution in [3.05, 3.63) is 51.5 Å². The van der Waals surface area contributed by atoms with Crippen molar-refractivity contribution in [2.45, 2.75) is 6.92 Å². The van der Waals surface area contributed by atoms with Gasteiger partial charge in [0.2, 0.25) is 0 Å². The molecule has 2 aromatic rings. The molecule has 4 nitrogen and oxygen atoms in total. The minimum atomic E-state index is -0.493. The van der Waals surface area contributed by atoms with Crippen LogP contribution in [0.1, 0.15) is 15.9 Å². The first-order valence-electron chi connectivity index (χ1n) is 5.67. The number of carbonyl (C=O) groups is 1. The molecule has 0 aliphatic heterocycles. The fraction of sp³-hybridized carbons (Fsp3) is 0.0714. The van der Waals surface area contributed by atoms with Crippen LogP contribution in [0.15, 0.2) is 30.3 Å². The molecule has 0 saturated carbocycles. The van der Waals surface area contributed by atoms with Crippen LogP contribution < -0.4 is 5.32 Å². The van der Waals surface area contributed by atoms with E-state index < -0.39 is 5.91 Å². The Morgan fingerprint density at radius 1 is 1.10 bits per heavy atom. The highest BCUT2D eigenvalue weighted by molar-refractivity contribution is 6.37. The lowest BCUT2D eigenvalue weighted by Gasteiger charge is -2.09. The highest BCUT2D eigenvalue weighted by Gasteiger charge is 2.13. The summed E-state index contributed by atoms with van der Waals surface area (Å²) in [5.41, 5.74) is 1.33. The van der Waals surface area contributed by atoms with Crippen LogP contribution in [-0.4, -0.2) is 16.1 Å². The van der Waals surface area contributed by atoms with Gasteiger partial charge < -0.3 is 15.5 Å². The highest BCUT2D eigenvalue weighted by Crippen LogP contribution is 2.33. The van der Waals surface area contributed by atoms with Gasteiger partial charge in [0.15, 0.2) is 5.75 Å². The molecule has 0 unspecified atom stereocenters. The van der Waals surface area contributed by atoms with Gasteiger partial charge >= 0.3 is 0 Å². The van der Waals surface area contributed by atoms with Crippen LogP contribution >= 0.6 is 23.2 Å². The second-order valence-corrected chi connectivity index (χ2v) is 5.08. The number of aromatic hydroxyl groups is 2. The van der Waals surface area contributed by atoms with Crippen molar-refractivity contribution >= 4 is 34.8 Å². The molecule has 0 spiro atoms. The van der Waals surface area contributed by atoms with Crippen LogP contribution in [0.4, 0.5) is 5.69 Å². The van der Waals surface area contributed by atoms with Crippen LogP contribution in [0.3, 0.4) is 0 Å². The van der Waals surface area contributed by atoms with Crippen molar-refractivity contribution in [3.63, 3.8) is 0 Å². The van der Waals surface area contributed by atoms with Crippen LogP contribution in [0, 0.1) is 6.92 Å². The molecule has 1 amide bonds. The molecule has 2 rings (SSSR count). The Morgan fingerprint density at radius 2 is 1.70 bits per heavy atom. The molecule has 20 heavy (non-hydrogen) atoms. The van der Waals surface area contributed by atoms with Crippen LogP contribution in [0.25, 0.3) is 0 Å². The average Bonchev–Trinajstić information content (AvgIpc) is 2.38. The minimum absolute atomic E-state index is 0.0178. The van der Waals surface area contributed by atoms with Gasteiger partial charge in [-0.05, 0) is 36.8 Å². The van der Waals surface area contributed by atoms with Crippen LogP contribution in [0.2, 0.25) is 10.0 Å². The Kier molecular flexibility index (Phi) is 4.06. The number of hydrogen-bond donors (Lipinski definition) is 3. The lowest BCUT2D eigenvalue weighted by molar-refractivity contribution is 0.102. The Balaban J connectivity index is 2.28. The fourth-order valence-electron chi connectivity index (χ4n) is 1.64. The molecule has 0 saturated heterocycles. The van der Waals surface area contributed by atoms with E-state index in [1.165, 1.54) is 18.2 Å². The Morgan fingerprint density at radius 3 is 2.25 bits per heavy atom. The number of carbonyl (C=O) groups excluding carboxylic acids is 1. The number of phenols is 2. The maximum atomic E-state index is 12.0. The predicted molar refractivity (Wildman–Crippen MR) is 78.9 cm³/mol. The zero-order chi connectivity index (χ0) is 14.9. The third-order valence-corrected chi connectivity index (χ3v) is 3.26. The molecule has 0 aliphatic carbocycles. The average molecular weight is 312 g/mol. The van der Waals surface area contributed by atoms with Gasteiger partial charge in [0.25, 0.3) is 5.91 Å². The van der Waals surface area contributed by atoms with Gasteiger partial charge in [0.05, 0.1) is 15.7 Å². The topological polar surface area (TPSA) is 69.6 Å². The summed E-state index contributed by atoms with van der Waals surface area (Å²) in [6.45, 7) is 1.82. The van der Waals surface area contributed by atoms with Gasteiger partial charge in [0, 0.05) is 5.56 Å². The summed E-state index contributed by atoms with van der Waals surface area (Å²) in [7, 11) is 0. The van der Waals surface area contributed by atoms with E-state index in [1.807, 2.05) is 6.92 Å². The number of nitrogens with one attached hydrogen (secondary N) is 1. The second kappa shape index (κ2) is 5.61. The molecule has 0 radical (unpaired) electrons. The zero-order valence-electron chi connectivity index (χ0n) is 10.4. The molecule has 6 heteroatoms. The van der Waals surface area contributed by atoms with Gasteiger partial charge in [-0.2, -0.15) is 0 Å². The second-order valence-electron chi connectivity index (χ2n) is 4.26. The summed E-state index contributed by atoms with van der Waals surface area (Å²) < 4.78 is 0. The number of hydrogen-bond acceptors (Lipinski definition) is 3. The first kappa shape index (κ1) is 14.5. The fourth-order valence-corrected chi connectivity index (χ4v) is 2.13.